The van der Waals surface area contributed by atoms with Crippen LogP contribution in [-0.4, -0.2) is 46.1 Å². The van der Waals surface area contributed by atoms with Gasteiger partial charge in [0, 0.05) is 0 Å². The normalized spacial score (nSPS) is 0. The van der Waals surface area contributed by atoms with Crippen LogP contribution >= 0.6 is 0 Å². The fraction of sp³-hybridized carbons (Fsp3) is 0. The van der Waals surface area contributed by atoms with Crippen molar-refractivity contribution in [2.45, 2.75) is 0 Å². The van der Waals surface area contributed by atoms with Crippen molar-refractivity contribution in [3.8, 4) is 0 Å². The van der Waals surface area contributed by atoms with E-state index in [4.69, 9.17) is 0 Å². The van der Waals surface area contributed by atoms with E-state index in [1.807, 2.05) is 0 Å². The molecule has 0 fully saturated rings. The average Bonchev–Trinajstić information content (AvgIpc) is 0. The van der Waals surface area contributed by atoms with Crippen LogP contribution in [0.4, 0.5) is 0 Å². The Morgan fingerprint density at radius 2 is 0.750 bits per heavy atom. The van der Waals surface area contributed by atoms with Gasteiger partial charge in [-0.3, -0.25) is 0 Å². The minimum atomic E-state index is 0. The molecule has 0 aliphatic carbocycles. The van der Waals surface area contributed by atoms with E-state index >= 15 is 0 Å². The van der Waals surface area contributed by atoms with Crippen LogP contribution in [0.25, 0.3) is 12.3 Å². The van der Waals surface area contributed by atoms with Crippen molar-refractivity contribution in [3.05, 3.63) is 12.3 Å². The predicted octanol–water partition coefficient (Wildman–Crippen LogP) is 0.898. The Hall–Kier alpha value is 1.45. The fourth-order valence-corrected chi connectivity index (χ4v) is 0. The fourth-order valence-electron chi connectivity index (χ4n) is 0. The maximum Gasteiger partial charge on any atom is 2.00 e. The van der Waals surface area contributed by atoms with Gasteiger partial charge in [-0.2, -0.15) is 0 Å². The topological polar surface area (TPSA) is 67.0 Å². The standard InChI is InChI=1S/2Mg.2H2N.2H/h;;2*1H2;;/q2*+2;4*-1. The zero-order valence-corrected chi connectivity index (χ0v) is 5.40. The molecule has 0 unspecified atom stereocenters. The average molecular weight is 82.7 g/mol. The van der Waals surface area contributed by atoms with E-state index in [-0.39, 0.29) is 61.3 Å². The zero-order valence-electron chi connectivity index (χ0n) is 4.57. The molecule has 2 nitrogen and oxygen atoms in total. The second-order valence-corrected chi connectivity index (χ2v) is 0. The van der Waals surface area contributed by atoms with E-state index in [9.17, 15) is 0 Å². The van der Waals surface area contributed by atoms with Crippen LogP contribution in [-0.2, 0) is 0 Å². The Morgan fingerprint density at radius 1 is 0.750 bits per heavy atom. The van der Waals surface area contributed by atoms with Crippen molar-refractivity contribution in [3.63, 3.8) is 0 Å². The van der Waals surface area contributed by atoms with Crippen molar-refractivity contribution in [2.75, 3.05) is 0 Å². The minimum Gasteiger partial charge on any atom is -1.00 e. The van der Waals surface area contributed by atoms with Crippen molar-refractivity contribution >= 4 is 46.1 Å². The molecule has 0 amide bonds. The van der Waals surface area contributed by atoms with Crippen molar-refractivity contribution in [1.82, 2.24) is 0 Å². The van der Waals surface area contributed by atoms with Crippen LogP contribution in [0.15, 0.2) is 0 Å². The molecule has 4 heavy (non-hydrogen) atoms. The molecule has 0 rings (SSSR count). The van der Waals surface area contributed by atoms with Crippen LogP contribution in [0.2, 0.25) is 0 Å². The minimum absolute atomic E-state index is 0. The molecule has 0 aromatic rings. The van der Waals surface area contributed by atoms with E-state index in [0.717, 1.165) is 0 Å². The van der Waals surface area contributed by atoms with E-state index < -0.39 is 0 Å². The number of rotatable bonds is 0. The third kappa shape index (κ3) is 9.84. The molecule has 0 aromatic heterocycles. The quantitative estimate of drug-likeness (QED) is 0.390. The Bertz CT molecular complexity index is 9.51. The molecule has 0 aromatic carbocycles. The molecule has 0 saturated heterocycles. The monoisotopic (exact) mass is 82.0 g/mol. The third-order valence-electron chi connectivity index (χ3n) is 0. The maximum atomic E-state index is 0. The maximum absolute atomic E-state index is 0. The Morgan fingerprint density at radius 3 is 0.750 bits per heavy atom. The van der Waals surface area contributed by atoms with Crippen molar-refractivity contribution in [2.24, 2.45) is 0 Å². The summed E-state index contributed by atoms with van der Waals surface area (Å²) in [4.78, 5) is 0. The molecule has 0 bridgehead atoms. The molecule has 0 radical (unpaired) electrons. The van der Waals surface area contributed by atoms with Gasteiger partial charge in [-0.25, -0.2) is 0 Å². The first kappa shape index (κ1) is 51.2. The molecule has 0 aliphatic heterocycles. The van der Waals surface area contributed by atoms with Crippen LogP contribution in [0.1, 0.15) is 2.85 Å². The first-order valence-corrected chi connectivity index (χ1v) is 0. The second-order valence-electron chi connectivity index (χ2n) is 0. The number of hydrogen-bond donors (Lipinski definition) is 0. The Balaban J connectivity index is 0. The SMILES string of the molecule is [H-].[H-].[Mg+2].[Mg+2].[NH2-].[NH2-]. The van der Waals surface area contributed by atoms with Crippen molar-refractivity contribution in [1.29, 1.82) is 0 Å². The molecule has 0 heterocycles. The molecular formula is H6Mg2N2. The number of hydrogen-bond acceptors (Lipinski definition) is 0. The number of nitrogens with two attached hydrogens (primary N) is 2. The van der Waals surface area contributed by atoms with Gasteiger partial charge < -0.3 is 15.2 Å². The summed E-state index contributed by atoms with van der Waals surface area (Å²) in [5, 5.41) is 0. The van der Waals surface area contributed by atoms with Gasteiger partial charge >= 0.3 is 46.1 Å². The van der Waals surface area contributed by atoms with Gasteiger partial charge in [0.1, 0.15) is 0 Å². The van der Waals surface area contributed by atoms with Gasteiger partial charge in [0.25, 0.3) is 0 Å². The molecule has 0 atom stereocenters. The molecular weight excluding hydrogens is 76.6 g/mol. The van der Waals surface area contributed by atoms with Crippen molar-refractivity contribution < 1.29 is 2.85 Å². The molecule has 20 valence electrons. The van der Waals surface area contributed by atoms with Gasteiger partial charge in [-0.15, -0.1) is 0 Å². The summed E-state index contributed by atoms with van der Waals surface area (Å²) in [6.07, 6.45) is 0. The van der Waals surface area contributed by atoms with Gasteiger partial charge in [0.2, 0.25) is 0 Å². The summed E-state index contributed by atoms with van der Waals surface area (Å²) < 4.78 is 0. The van der Waals surface area contributed by atoms with E-state index in [0.29, 0.717) is 0 Å². The first-order valence-electron chi connectivity index (χ1n) is 0. The smallest absolute Gasteiger partial charge is 1.00 e. The zero-order chi connectivity index (χ0) is 0. The van der Waals surface area contributed by atoms with E-state index in [2.05, 4.69) is 0 Å². The van der Waals surface area contributed by atoms with Crippen LogP contribution in [0, 0.1) is 0 Å². The molecule has 0 saturated carbocycles. The van der Waals surface area contributed by atoms with Gasteiger partial charge in [-0.05, 0) is 0 Å². The molecule has 0 spiro atoms. The summed E-state index contributed by atoms with van der Waals surface area (Å²) in [5.41, 5.74) is 0. The van der Waals surface area contributed by atoms with E-state index in [1.54, 1.807) is 0 Å². The molecule has 0 aliphatic rings. The van der Waals surface area contributed by atoms with Crippen LogP contribution in [0.5, 0.6) is 0 Å². The van der Waals surface area contributed by atoms with Gasteiger partial charge in [0.05, 0.1) is 0 Å². The summed E-state index contributed by atoms with van der Waals surface area (Å²) in [6.45, 7) is 0. The van der Waals surface area contributed by atoms with Gasteiger partial charge in [-0.1, -0.05) is 0 Å². The Labute approximate surface area is 61.1 Å². The van der Waals surface area contributed by atoms with Gasteiger partial charge in [0.15, 0.2) is 0 Å². The third-order valence-corrected chi connectivity index (χ3v) is 0. The van der Waals surface area contributed by atoms with Crippen LogP contribution in [0.3, 0.4) is 0 Å². The predicted molar refractivity (Wildman–Crippen MR) is 24.3 cm³/mol. The summed E-state index contributed by atoms with van der Waals surface area (Å²) in [7, 11) is 0. The largest absolute Gasteiger partial charge is 2.00 e. The second kappa shape index (κ2) is 25.2. The summed E-state index contributed by atoms with van der Waals surface area (Å²) in [5.74, 6) is 0. The van der Waals surface area contributed by atoms with E-state index in [1.165, 1.54) is 0 Å². The first-order chi connectivity index (χ1) is 0. The summed E-state index contributed by atoms with van der Waals surface area (Å²) >= 11 is 0. The Kier molecular flexibility index (Phi) is 322. The summed E-state index contributed by atoms with van der Waals surface area (Å²) in [6, 6.07) is 0. The molecule has 4 N–H and O–H groups in total. The van der Waals surface area contributed by atoms with Crippen LogP contribution < -0.4 is 0 Å². The molecule has 4 heteroatoms.